The molecule has 0 amide bonds. The van der Waals surface area contributed by atoms with Crippen molar-refractivity contribution >= 4 is 11.6 Å². The Morgan fingerprint density at radius 2 is 2.28 bits per heavy atom. The lowest BCUT2D eigenvalue weighted by atomic mass is 10.2. The lowest BCUT2D eigenvalue weighted by molar-refractivity contribution is 0.672. The van der Waals surface area contributed by atoms with Crippen LogP contribution in [0.4, 0.5) is 0 Å². The van der Waals surface area contributed by atoms with Crippen LogP contribution in [0.2, 0.25) is 5.02 Å². The van der Waals surface area contributed by atoms with Crippen LogP contribution >= 0.6 is 11.6 Å². The molecule has 1 aromatic carbocycles. The van der Waals surface area contributed by atoms with Gasteiger partial charge in [-0.2, -0.15) is 5.10 Å². The van der Waals surface area contributed by atoms with E-state index in [0.717, 1.165) is 36.6 Å². The van der Waals surface area contributed by atoms with Crippen LogP contribution in [-0.2, 0) is 6.42 Å². The van der Waals surface area contributed by atoms with Crippen LogP contribution < -0.4 is 5.32 Å². The second kappa shape index (κ2) is 6.57. The first-order chi connectivity index (χ1) is 8.79. The van der Waals surface area contributed by atoms with E-state index >= 15 is 0 Å². The smallest absolute Gasteiger partial charge is 0.0660 e. The van der Waals surface area contributed by atoms with E-state index in [1.165, 1.54) is 5.56 Å². The highest BCUT2D eigenvalue weighted by atomic mass is 35.5. The highest BCUT2D eigenvalue weighted by Crippen LogP contribution is 2.15. The summed E-state index contributed by atoms with van der Waals surface area (Å²) in [5, 5.41) is 8.42. The van der Waals surface area contributed by atoms with E-state index in [1.54, 1.807) is 0 Å². The van der Waals surface area contributed by atoms with E-state index in [9.17, 15) is 0 Å². The topological polar surface area (TPSA) is 29.9 Å². The predicted molar refractivity (Wildman–Crippen MR) is 75.4 cm³/mol. The van der Waals surface area contributed by atoms with Crippen molar-refractivity contribution in [1.82, 2.24) is 15.1 Å². The Kier molecular flexibility index (Phi) is 4.79. The number of aryl methyl sites for hydroxylation is 1. The van der Waals surface area contributed by atoms with Gasteiger partial charge in [0.25, 0.3) is 0 Å². The van der Waals surface area contributed by atoms with E-state index in [1.807, 2.05) is 35.1 Å². The standard InChI is InChI=1S/C14H18ClN3/c1-2-16-8-4-5-12-10-17-18(11-12)14-7-3-6-13(15)9-14/h3,6-7,9-11,16H,2,4-5,8H2,1H3. The Labute approximate surface area is 113 Å². The van der Waals surface area contributed by atoms with Crippen LogP contribution in [0.1, 0.15) is 18.9 Å². The molecule has 18 heavy (non-hydrogen) atoms. The minimum absolute atomic E-state index is 0.733. The molecule has 0 aliphatic rings. The maximum absolute atomic E-state index is 5.97. The molecule has 1 N–H and O–H groups in total. The summed E-state index contributed by atoms with van der Waals surface area (Å²) in [6, 6.07) is 7.72. The molecular weight excluding hydrogens is 246 g/mol. The van der Waals surface area contributed by atoms with Crippen molar-refractivity contribution in [2.75, 3.05) is 13.1 Å². The summed E-state index contributed by atoms with van der Waals surface area (Å²) in [5.41, 5.74) is 2.26. The molecule has 4 heteroatoms. The van der Waals surface area contributed by atoms with Crippen molar-refractivity contribution in [3.05, 3.63) is 47.2 Å². The van der Waals surface area contributed by atoms with E-state index in [2.05, 4.69) is 23.5 Å². The Hall–Kier alpha value is -1.32. The first-order valence-electron chi connectivity index (χ1n) is 6.30. The zero-order valence-electron chi connectivity index (χ0n) is 10.6. The number of nitrogens with one attached hydrogen (secondary N) is 1. The molecule has 0 saturated carbocycles. The fourth-order valence-corrected chi connectivity index (χ4v) is 2.03. The molecular formula is C14H18ClN3. The maximum Gasteiger partial charge on any atom is 0.0660 e. The lowest BCUT2D eigenvalue weighted by Crippen LogP contribution is -2.14. The molecule has 0 bridgehead atoms. The highest BCUT2D eigenvalue weighted by Gasteiger charge is 2.01. The molecule has 2 aromatic rings. The summed E-state index contributed by atoms with van der Waals surface area (Å²) in [6.07, 6.45) is 6.17. The van der Waals surface area contributed by atoms with Crippen molar-refractivity contribution < 1.29 is 0 Å². The van der Waals surface area contributed by atoms with Crippen LogP contribution in [0.25, 0.3) is 5.69 Å². The summed E-state index contributed by atoms with van der Waals surface area (Å²) in [7, 11) is 0. The highest BCUT2D eigenvalue weighted by molar-refractivity contribution is 6.30. The zero-order chi connectivity index (χ0) is 12.8. The molecule has 3 nitrogen and oxygen atoms in total. The van der Waals surface area contributed by atoms with Gasteiger partial charge in [-0.05, 0) is 49.7 Å². The van der Waals surface area contributed by atoms with E-state index in [4.69, 9.17) is 11.6 Å². The molecule has 1 heterocycles. The van der Waals surface area contributed by atoms with Crippen molar-refractivity contribution in [3.63, 3.8) is 0 Å². The summed E-state index contributed by atoms with van der Waals surface area (Å²) < 4.78 is 1.87. The minimum atomic E-state index is 0.733. The SMILES string of the molecule is CCNCCCc1cnn(-c2cccc(Cl)c2)c1. The predicted octanol–water partition coefficient (Wildman–Crippen LogP) is 3.07. The number of benzene rings is 1. The minimum Gasteiger partial charge on any atom is -0.317 e. The fraction of sp³-hybridized carbons (Fsp3) is 0.357. The maximum atomic E-state index is 5.97. The molecule has 2 rings (SSSR count). The van der Waals surface area contributed by atoms with Gasteiger partial charge in [0.1, 0.15) is 0 Å². The monoisotopic (exact) mass is 263 g/mol. The van der Waals surface area contributed by atoms with Gasteiger partial charge in [0.05, 0.1) is 11.9 Å². The van der Waals surface area contributed by atoms with Gasteiger partial charge in [0.2, 0.25) is 0 Å². The van der Waals surface area contributed by atoms with Crippen molar-refractivity contribution in [2.24, 2.45) is 0 Å². The number of hydrogen-bond acceptors (Lipinski definition) is 2. The first-order valence-corrected chi connectivity index (χ1v) is 6.67. The molecule has 0 saturated heterocycles. The van der Waals surface area contributed by atoms with Crippen molar-refractivity contribution in [1.29, 1.82) is 0 Å². The van der Waals surface area contributed by atoms with E-state index < -0.39 is 0 Å². The van der Waals surface area contributed by atoms with Gasteiger partial charge in [-0.3, -0.25) is 0 Å². The average molecular weight is 264 g/mol. The third-order valence-corrected chi connectivity index (χ3v) is 3.01. The molecule has 0 unspecified atom stereocenters. The van der Waals surface area contributed by atoms with Crippen LogP contribution in [0.3, 0.4) is 0 Å². The molecule has 0 fully saturated rings. The average Bonchev–Trinajstić information content (AvgIpc) is 2.83. The molecule has 0 atom stereocenters. The number of aromatic nitrogens is 2. The van der Waals surface area contributed by atoms with Gasteiger partial charge < -0.3 is 5.32 Å². The van der Waals surface area contributed by atoms with Gasteiger partial charge in [0, 0.05) is 11.2 Å². The van der Waals surface area contributed by atoms with E-state index in [0.29, 0.717) is 0 Å². The van der Waals surface area contributed by atoms with Crippen molar-refractivity contribution in [2.45, 2.75) is 19.8 Å². The largest absolute Gasteiger partial charge is 0.317 e. The fourth-order valence-electron chi connectivity index (χ4n) is 1.84. The van der Waals surface area contributed by atoms with Crippen LogP contribution in [0.15, 0.2) is 36.7 Å². The third kappa shape index (κ3) is 3.59. The van der Waals surface area contributed by atoms with E-state index in [-0.39, 0.29) is 0 Å². The summed E-state index contributed by atoms with van der Waals surface area (Å²) in [5.74, 6) is 0. The summed E-state index contributed by atoms with van der Waals surface area (Å²) in [4.78, 5) is 0. The molecule has 1 aromatic heterocycles. The zero-order valence-corrected chi connectivity index (χ0v) is 11.3. The Morgan fingerprint density at radius 1 is 1.39 bits per heavy atom. The summed E-state index contributed by atoms with van der Waals surface area (Å²) >= 11 is 5.97. The number of halogens is 1. The normalized spacial score (nSPS) is 10.8. The molecule has 96 valence electrons. The second-order valence-electron chi connectivity index (χ2n) is 4.23. The van der Waals surface area contributed by atoms with Crippen LogP contribution in [0.5, 0.6) is 0 Å². The number of rotatable bonds is 6. The number of nitrogens with zero attached hydrogens (tertiary/aromatic N) is 2. The summed E-state index contributed by atoms with van der Waals surface area (Å²) in [6.45, 7) is 4.21. The van der Waals surface area contributed by atoms with Gasteiger partial charge in [-0.1, -0.05) is 24.6 Å². The Morgan fingerprint density at radius 3 is 3.06 bits per heavy atom. The van der Waals surface area contributed by atoms with Crippen molar-refractivity contribution in [3.8, 4) is 5.69 Å². The van der Waals surface area contributed by atoms with Crippen LogP contribution in [-0.4, -0.2) is 22.9 Å². The van der Waals surface area contributed by atoms with Crippen LogP contribution in [0, 0.1) is 0 Å². The number of hydrogen-bond donors (Lipinski definition) is 1. The quantitative estimate of drug-likeness (QED) is 0.812. The molecule has 0 radical (unpaired) electrons. The lowest BCUT2D eigenvalue weighted by Gasteiger charge is -2.01. The van der Waals surface area contributed by atoms with Gasteiger partial charge in [0.15, 0.2) is 0 Å². The molecule has 0 aliphatic carbocycles. The van der Waals surface area contributed by atoms with Gasteiger partial charge in [-0.15, -0.1) is 0 Å². The molecule has 0 aliphatic heterocycles. The third-order valence-electron chi connectivity index (χ3n) is 2.78. The Bertz CT molecular complexity index is 493. The second-order valence-corrected chi connectivity index (χ2v) is 4.67. The Balaban J connectivity index is 1.97. The van der Waals surface area contributed by atoms with Gasteiger partial charge >= 0.3 is 0 Å². The molecule has 0 spiro atoms. The van der Waals surface area contributed by atoms with Gasteiger partial charge in [-0.25, -0.2) is 4.68 Å². The first kappa shape index (κ1) is 13.1.